The van der Waals surface area contributed by atoms with Gasteiger partial charge in [0.1, 0.15) is 5.75 Å². The Bertz CT molecular complexity index is 379. The van der Waals surface area contributed by atoms with E-state index < -0.39 is 0 Å². The molecule has 5 nitrogen and oxygen atoms in total. The molecule has 0 unspecified atom stereocenters. The van der Waals surface area contributed by atoms with Gasteiger partial charge in [-0.25, -0.2) is 0 Å². The fourth-order valence-electron chi connectivity index (χ4n) is 1.34. The molecule has 0 aliphatic rings. The van der Waals surface area contributed by atoms with E-state index in [1.807, 2.05) is 6.07 Å². The topological polar surface area (TPSA) is 70.9 Å². The van der Waals surface area contributed by atoms with Gasteiger partial charge in [-0.2, -0.15) is 0 Å². The molecule has 1 aromatic heterocycles. The molecule has 92 valence electrons. The second kappa shape index (κ2) is 8.84. The summed E-state index contributed by atoms with van der Waals surface area (Å²) in [5.41, 5.74) is 8.08. The van der Waals surface area contributed by atoms with Gasteiger partial charge in [-0.15, -0.1) is 0 Å². The van der Waals surface area contributed by atoms with Gasteiger partial charge in [-0.05, 0) is 40.4 Å². The standard InChI is InChI=1S/C11H15BrN4O/c12-10-7-11(9-14-8-10)17-6-4-2-1-3-5-15-16-13/h7-9H,1-6H2. The molecule has 0 N–H and O–H groups in total. The van der Waals surface area contributed by atoms with Gasteiger partial charge in [-0.1, -0.05) is 18.0 Å². The number of ether oxygens (including phenoxy) is 1. The van der Waals surface area contributed by atoms with Crippen LogP contribution >= 0.6 is 15.9 Å². The van der Waals surface area contributed by atoms with Crippen molar-refractivity contribution in [3.05, 3.63) is 33.4 Å². The maximum absolute atomic E-state index is 8.08. The van der Waals surface area contributed by atoms with Crippen LogP contribution in [0.4, 0.5) is 0 Å². The zero-order valence-electron chi connectivity index (χ0n) is 9.55. The van der Waals surface area contributed by atoms with E-state index in [-0.39, 0.29) is 0 Å². The molecule has 0 aromatic carbocycles. The molecule has 1 heterocycles. The first kappa shape index (κ1) is 13.8. The summed E-state index contributed by atoms with van der Waals surface area (Å²) in [4.78, 5) is 6.72. The lowest BCUT2D eigenvalue weighted by Crippen LogP contribution is -1.97. The molecule has 0 atom stereocenters. The van der Waals surface area contributed by atoms with Crippen LogP contribution in [0.15, 0.2) is 28.0 Å². The summed E-state index contributed by atoms with van der Waals surface area (Å²) in [5, 5.41) is 3.48. The first-order valence-electron chi connectivity index (χ1n) is 5.57. The minimum Gasteiger partial charge on any atom is -0.492 e. The van der Waals surface area contributed by atoms with Gasteiger partial charge in [0.05, 0.1) is 12.8 Å². The maximum atomic E-state index is 8.08. The van der Waals surface area contributed by atoms with Crippen LogP contribution in [0, 0.1) is 0 Å². The Hall–Kier alpha value is -1.26. The molecule has 0 bridgehead atoms. The fraction of sp³-hybridized carbons (Fsp3) is 0.545. The van der Waals surface area contributed by atoms with Crippen LogP contribution < -0.4 is 4.74 Å². The number of azide groups is 1. The van der Waals surface area contributed by atoms with Crippen molar-refractivity contribution in [2.24, 2.45) is 5.11 Å². The van der Waals surface area contributed by atoms with Gasteiger partial charge in [-0.3, -0.25) is 4.98 Å². The van der Waals surface area contributed by atoms with E-state index in [2.05, 4.69) is 30.9 Å². The van der Waals surface area contributed by atoms with Gasteiger partial charge in [0.2, 0.25) is 0 Å². The van der Waals surface area contributed by atoms with Crippen LogP contribution in [-0.4, -0.2) is 18.1 Å². The monoisotopic (exact) mass is 298 g/mol. The van der Waals surface area contributed by atoms with Crippen molar-refractivity contribution in [2.45, 2.75) is 25.7 Å². The summed E-state index contributed by atoms with van der Waals surface area (Å²) >= 11 is 3.34. The summed E-state index contributed by atoms with van der Waals surface area (Å²) in [7, 11) is 0. The Morgan fingerprint density at radius 2 is 2.12 bits per heavy atom. The van der Waals surface area contributed by atoms with Crippen LogP contribution in [0.2, 0.25) is 0 Å². The maximum Gasteiger partial charge on any atom is 0.138 e. The Kier molecular flexibility index (Phi) is 7.18. The van der Waals surface area contributed by atoms with Crippen LogP contribution in [0.25, 0.3) is 10.4 Å². The van der Waals surface area contributed by atoms with E-state index >= 15 is 0 Å². The van der Waals surface area contributed by atoms with Gasteiger partial charge >= 0.3 is 0 Å². The highest BCUT2D eigenvalue weighted by atomic mass is 79.9. The first-order valence-corrected chi connectivity index (χ1v) is 6.36. The predicted octanol–water partition coefficient (Wildman–Crippen LogP) is 4.09. The van der Waals surface area contributed by atoms with Crippen molar-refractivity contribution in [2.75, 3.05) is 13.2 Å². The van der Waals surface area contributed by atoms with E-state index in [0.717, 1.165) is 35.9 Å². The number of halogens is 1. The minimum atomic E-state index is 0.590. The van der Waals surface area contributed by atoms with Crippen LogP contribution in [0.1, 0.15) is 25.7 Å². The van der Waals surface area contributed by atoms with E-state index in [4.69, 9.17) is 10.3 Å². The number of rotatable bonds is 8. The average Bonchev–Trinajstić information content (AvgIpc) is 2.33. The van der Waals surface area contributed by atoms with Crippen LogP contribution in [-0.2, 0) is 0 Å². The molecule has 0 spiro atoms. The van der Waals surface area contributed by atoms with Gasteiger partial charge in [0, 0.05) is 22.1 Å². The van der Waals surface area contributed by atoms with Crippen molar-refractivity contribution in [1.29, 1.82) is 0 Å². The van der Waals surface area contributed by atoms with Gasteiger partial charge in [0.25, 0.3) is 0 Å². The molecule has 0 radical (unpaired) electrons. The van der Waals surface area contributed by atoms with E-state index in [1.54, 1.807) is 12.4 Å². The van der Waals surface area contributed by atoms with Crippen molar-refractivity contribution in [3.8, 4) is 5.75 Å². The Balaban J connectivity index is 2.02. The second-order valence-electron chi connectivity index (χ2n) is 3.56. The zero-order valence-corrected chi connectivity index (χ0v) is 11.1. The lowest BCUT2D eigenvalue weighted by atomic mass is 10.2. The van der Waals surface area contributed by atoms with Crippen LogP contribution in [0.5, 0.6) is 5.75 Å². The lowest BCUT2D eigenvalue weighted by Gasteiger charge is -2.05. The first-order chi connectivity index (χ1) is 8.33. The molecule has 0 aliphatic heterocycles. The molecule has 0 saturated carbocycles. The number of pyridine rings is 1. The third-order valence-corrected chi connectivity index (χ3v) is 2.60. The zero-order chi connectivity index (χ0) is 12.3. The Morgan fingerprint density at radius 1 is 1.29 bits per heavy atom. The Labute approximate surface area is 109 Å². The second-order valence-corrected chi connectivity index (χ2v) is 4.47. The van der Waals surface area contributed by atoms with Crippen LogP contribution in [0.3, 0.4) is 0 Å². The van der Waals surface area contributed by atoms with E-state index in [1.165, 1.54) is 0 Å². The van der Waals surface area contributed by atoms with E-state index in [9.17, 15) is 0 Å². The third kappa shape index (κ3) is 6.81. The number of hydrogen-bond donors (Lipinski definition) is 0. The highest BCUT2D eigenvalue weighted by Crippen LogP contribution is 2.16. The van der Waals surface area contributed by atoms with E-state index in [0.29, 0.717) is 13.2 Å². The van der Waals surface area contributed by atoms with Crippen molar-refractivity contribution in [1.82, 2.24) is 4.98 Å². The molecular weight excluding hydrogens is 284 g/mol. The number of aromatic nitrogens is 1. The molecule has 1 rings (SSSR count). The average molecular weight is 299 g/mol. The van der Waals surface area contributed by atoms with Crippen molar-refractivity contribution in [3.63, 3.8) is 0 Å². The normalized spacial score (nSPS) is 9.71. The molecule has 0 saturated heterocycles. The summed E-state index contributed by atoms with van der Waals surface area (Å²) in [6.07, 6.45) is 7.53. The molecule has 1 aromatic rings. The van der Waals surface area contributed by atoms with Crippen molar-refractivity contribution >= 4 is 15.9 Å². The SMILES string of the molecule is [N-]=[N+]=NCCCCCCOc1cncc(Br)c1. The Morgan fingerprint density at radius 3 is 2.88 bits per heavy atom. The molecular formula is C11H15BrN4O. The molecule has 0 fully saturated rings. The molecule has 0 aliphatic carbocycles. The fourth-order valence-corrected chi connectivity index (χ4v) is 1.69. The van der Waals surface area contributed by atoms with Gasteiger partial charge in [0.15, 0.2) is 0 Å². The van der Waals surface area contributed by atoms with Gasteiger partial charge < -0.3 is 4.74 Å². The predicted molar refractivity (Wildman–Crippen MR) is 69.9 cm³/mol. The summed E-state index contributed by atoms with van der Waals surface area (Å²) in [6, 6.07) is 1.90. The minimum absolute atomic E-state index is 0.590. The van der Waals surface area contributed by atoms with Crippen molar-refractivity contribution < 1.29 is 4.74 Å². The molecule has 17 heavy (non-hydrogen) atoms. The summed E-state index contributed by atoms with van der Waals surface area (Å²) in [6.45, 7) is 1.28. The smallest absolute Gasteiger partial charge is 0.138 e. The number of nitrogens with zero attached hydrogens (tertiary/aromatic N) is 4. The summed E-state index contributed by atoms with van der Waals surface area (Å²) in [5.74, 6) is 0.786. The molecule has 0 amide bonds. The highest BCUT2D eigenvalue weighted by molar-refractivity contribution is 9.10. The highest BCUT2D eigenvalue weighted by Gasteiger charge is 1.95. The lowest BCUT2D eigenvalue weighted by molar-refractivity contribution is 0.303. The third-order valence-electron chi connectivity index (χ3n) is 2.16. The number of hydrogen-bond acceptors (Lipinski definition) is 3. The number of unbranched alkanes of at least 4 members (excludes halogenated alkanes) is 3. The molecule has 6 heteroatoms. The quantitative estimate of drug-likeness (QED) is 0.314. The summed E-state index contributed by atoms with van der Waals surface area (Å²) < 4.78 is 6.46. The largest absolute Gasteiger partial charge is 0.492 e.